The fraction of sp³-hybridized carbons (Fsp3) is 0.611. The number of aromatic nitrogens is 2. The van der Waals surface area contributed by atoms with Crippen LogP contribution in [0.2, 0.25) is 0 Å². The highest BCUT2D eigenvalue weighted by Gasteiger charge is 2.36. The summed E-state index contributed by atoms with van der Waals surface area (Å²) in [6.45, 7) is 6.14. The van der Waals surface area contributed by atoms with E-state index in [1.807, 2.05) is 13.8 Å². The molecule has 0 unspecified atom stereocenters. The van der Waals surface area contributed by atoms with E-state index in [1.54, 1.807) is 19.0 Å². The van der Waals surface area contributed by atoms with Crippen LogP contribution in [0.4, 0.5) is 5.95 Å². The Morgan fingerprint density at radius 3 is 2.26 bits per heavy atom. The van der Waals surface area contributed by atoms with Crippen molar-refractivity contribution in [2.45, 2.75) is 39.7 Å². The van der Waals surface area contributed by atoms with Crippen molar-refractivity contribution in [3.05, 3.63) is 17.0 Å². The molecule has 1 aliphatic rings. The zero-order valence-electron chi connectivity index (χ0n) is 16.7. The number of nitrogens with two attached hydrogens (primary N) is 1. The molecule has 2 heterocycles. The van der Waals surface area contributed by atoms with Gasteiger partial charge in [0, 0.05) is 51.9 Å². The second-order valence-electron chi connectivity index (χ2n) is 7.03. The number of carbonyl (C=O) groups is 3. The van der Waals surface area contributed by atoms with Gasteiger partial charge >= 0.3 is 0 Å². The molecule has 9 nitrogen and oxygen atoms in total. The maximum Gasteiger partial charge on any atom is 0.246 e. The van der Waals surface area contributed by atoms with Gasteiger partial charge in [-0.1, -0.05) is 0 Å². The van der Waals surface area contributed by atoms with E-state index in [0.29, 0.717) is 19.5 Å². The first-order valence-corrected chi connectivity index (χ1v) is 8.97. The van der Waals surface area contributed by atoms with Gasteiger partial charge in [-0.25, -0.2) is 9.97 Å². The Bertz CT molecular complexity index is 726. The standard InChI is InChI=1S/C18H28N6O3/c1-11-14(12(2)21-18(19)20-11)6-7-16(26)23-8-9-24(13(3)25)15(10-23)17(27)22(4)5/h15H,6-10H2,1-5H3,(H2,19,20,21)/t15-/m1/s1. The minimum atomic E-state index is -0.640. The SMILES string of the molecule is CC(=O)N1CCN(C(=O)CCc2c(C)nc(N)nc2C)C[C@@H]1C(=O)N(C)C. The number of aryl methyl sites for hydroxylation is 2. The third kappa shape index (κ3) is 4.72. The van der Waals surface area contributed by atoms with E-state index in [4.69, 9.17) is 5.73 Å². The van der Waals surface area contributed by atoms with E-state index in [1.165, 1.54) is 16.7 Å². The van der Waals surface area contributed by atoms with Crippen molar-refractivity contribution in [3.8, 4) is 0 Å². The quantitative estimate of drug-likeness (QED) is 0.776. The van der Waals surface area contributed by atoms with Crippen LogP contribution in [-0.4, -0.2) is 82.2 Å². The van der Waals surface area contributed by atoms with Crippen molar-refractivity contribution in [1.29, 1.82) is 0 Å². The minimum Gasteiger partial charge on any atom is -0.368 e. The number of hydrogen-bond donors (Lipinski definition) is 1. The number of carbonyl (C=O) groups excluding carboxylic acids is 3. The topological polar surface area (TPSA) is 113 Å². The molecule has 0 saturated carbocycles. The summed E-state index contributed by atoms with van der Waals surface area (Å²) in [7, 11) is 3.29. The van der Waals surface area contributed by atoms with Crippen LogP contribution >= 0.6 is 0 Å². The van der Waals surface area contributed by atoms with Crippen LogP contribution in [0.1, 0.15) is 30.3 Å². The molecule has 27 heavy (non-hydrogen) atoms. The number of piperazine rings is 1. The summed E-state index contributed by atoms with van der Waals surface area (Å²) in [5.41, 5.74) is 8.10. The molecule has 3 amide bonds. The average molecular weight is 376 g/mol. The van der Waals surface area contributed by atoms with Gasteiger partial charge in [-0.2, -0.15) is 0 Å². The molecule has 1 aromatic heterocycles. The van der Waals surface area contributed by atoms with Crippen molar-refractivity contribution in [2.75, 3.05) is 39.5 Å². The highest BCUT2D eigenvalue weighted by molar-refractivity contribution is 5.88. The number of hydrogen-bond acceptors (Lipinski definition) is 6. The lowest BCUT2D eigenvalue weighted by Crippen LogP contribution is -2.61. The number of nitrogen functional groups attached to an aromatic ring is 1. The van der Waals surface area contributed by atoms with Crippen LogP contribution in [0.5, 0.6) is 0 Å². The Kier molecular flexibility index (Phi) is 6.35. The zero-order chi connectivity index (χ0) is 20.3. The Balaban J connectivity index is 2.06. The summed E-state index contributed by atoms with van der Waals surface area (Å²) in [5.74, 6) is -0.162. The number of anilines is 1. The molecule has 0 spiro atoms. The second kappa shape index (κ2) is 8.32. The number of nitrogens with zero attached hydrogens (tertiary/aromatic N) is 5. The first-order chi connectivity index (χ1) is 12.6. The summed E-state index contributed by atoms with van der Waals surface area (Å²) < 4.78 is 0. The number of amides is 3. The van der Waals surface area contributed by atoms with Crippen molar-refractivity contribution in [2.24, 2.45) is 0 Å². The molecule has 2 N–H and O–H groups in total. The fourth-order valence-electron chi connectivity index (χ4n) is 3.41. The molecule has 1 aromatic rings. The third-order valence-corrected chi connectivity index (χ3v) is 4.89. The molecule has 148 valence electrons. The lowest BCUT2D eigenvalue weighted by atomic mass is 10.0. The normalized spacial score (nSPS) is 17.0. The fourth-order valence-corrected chi connectivity index (χ4v) is 3.41. The van der Waals surface area contributed by atoms with E-state index >= 15 is 0 Å². The van der Waals surface area contributed by atoms with Crippen molar-refractivity contribution < 1.29 is 14.4 Å². The monoisotopic (exact) mass is 376 g/mol. The van der Waals surface area contributed by atoms with Crippen molar-refractivity contribution >= 4 is 23.7 Å². The maximum atomic E-state index is 12.7. The molecular formula is C18H28N6O3. The molecular weight excluding hydrogens is 348 g/mol. The molecule has 1 aliphatic heterocycles. The van der Waals surface area contributed by atoms with Gasteiger partial charge in [0.1, 0.15) is 6.04 Å². The summed E-state index contributed by atoms with van der Waals surface area (Å²) >= 11 is 0. The van der Waals surface area contributed by atoms with Gasteiger partial charge in [-0.05, 0) is 25.8 Å². The predicted molar refractivity (Wildman–Crippen MR) is 101 cm³/mol. The molecule has 1 fully saturated rings. The Morgan fingerprint density at radius 2 is 1.74 bits per heavy atom. The summed E-state index contributed by atoms with van der Waals surface area (Å²) in [4.78, 5) is 50.0. The molecule has 2 rings (SSSR count). The van der Waals surface area contributed by atoms with Crippen LogP contribution in [0, 0.1) is 13.8 Å². The van der Waals surface area contributed by atoms with Gasteiger partial charge in [0.15, 0.2) is 0 Å². The maximum absolute atomic E-state index is 12.7. The zero-order valence-corrected chi connectivity index (χ0v) is 16.7. The highest BCUT2D eigenvalue weighted by Crippen LogP contribution is 2.17. The smallest absolute Gasteiger partial charge is 0.246 e. The number of rotatable bonds is 4. The molecule has 0 aliphatic carbocycles. The highest BCUT2D eigenvalue weighted by atomic mass is 16.2. The van der Waals surface area contributed by atoms with E-state index in [-0.39, 0.29) is 36.6 Å². The van der Waals surface area contributed by atoms with Gasteiger partial charge in [-0.3, -0.25) is 14.4 Å². The summed E-state index contributed by atoms with van der Waals surface area (Å²) in [6, 6.07) is -0.640. The molecule has 0 radical (unpaired) electrons. The Labute approximate surface area is 159 Å². The number of likely N-dealkylation sites (N-methyl/N-ethyl adjacent to an activating group) is 1. The lowest BCUT2D eigenvalue weighted by molar-refractivity contribution is -0.150. The van der Waals surface area contributed by atoms with Gasteiger partial charge in [0.25, 0.3) is 0 Å². The van der Waals surface area contributed by atoms with Gasteiger partial charge < -0.3 is 20.4 Å². The largest absolute Gasteiger partial charge is 0.368 e. The van der Waals surface area contributed by atoms with Crippen molar-refractivity contribution in [1.82, 2.24) is 24.7 Å². The predicted octanol–water partition coefficient (Wildman–Crippen LogP) is -0.244. The Hall–Kier alpha value is -2.71. The van der Waals surface area contributed by atoms with Crippen LogP contribution < -0.4 is 5.73 Å². The molecule has 0 aromatic carbocycles. The van der Waals surface area contributed by atoms with E-state index in [0.717, 1.165) is 17.0 Å². The van der Waals surface area contributed by atoms with Crippen LogP contribution in [0.25, 0.3) is 0 Å². The third-order valence-electron chi connectivity index (χ3n) is 4.89. The van der Waals surface area contributed by atoms with E-state index in [2.05, 4.69) is 9.97 Å². The Morgan fingerprint density at radius 1 is 1.15 bits per heavy atom. The summed E-state index contributed by atoms with van der Waals surface area (Å²) in [6.07, 6.45) is 0.800. The van der Waals surface area contributed by atoms with Gasteiger partial charge in [0.2, 0.25) is 23.7 Å². The van der Waals surface area contributed by atoms with Crippen LogP contribution in [0.15, 0.2) is 0 Å². The first-order valence-electron chi connectivity index (χ1n) is 8.97. The van der Waals surface area contributed by atoms with E-state index in [9.17, 15) is 14.4 Å². The molecule has 0 bridgehead atoms. The summed E-state index contributed by atoms with van der Waals surface area (Å²) in [5, 5.41) is 0. The molecule has 1 atom stereocenters. The second-order valence-corrected chi connectivity index (χ2v) is 7.03. The molecule has 9 heteroatoms. The lowest BCUT2D eigenvalue weighted by Gasteiger charge is -2.41. The first kappa shape index (κ1) is 20.6. The van der Waals surface area contributed by atoms with Gasteiger partial charge in [-0.15, -0.1) is 0 Å². The van der Waals surface area contributed by atoms with E-state index < -0.39 is 6.04 Å². The van der Waals surface area contributed by atoms with Crippen LogP contribution in [0.3, 0.4) is 0 Å². The van der Waals surface area contributed by atoms with Crippen LogP contribution in [-0.2, 0) is 20.8 Å². The minimum absolute atomic E-state index is 0.0506. The van der Waals surface area contributed by atoms with Crippen molar-refractivity contribution in [3.63, 3.8) is 0 Å². The average Bonchev–Trinajstić information content (AvgIpc) is 2.59. The van der Waals surface area contributed by atoms with Gasteiger partial charge in [0.05, 0.1) is 6.54 Å². The molecule has 1 saturated heterocycles.